The van der Waals surface area contributed by atoms with E-state index in [0.29, 0.717) is 0 Å². The Morgan fingerprint density at radius 3 is 3.00 bits per heavy atom. The van der Waals surface area contributed by atoms with Gasteiger partial charge in [0.2, 0.25) is 0 Å². The Morgan fingerprint density at radius 1 is 1.22 bits per heavy atom. The molecule has 1 N–H and O–H groups in total. The first-order chi connectivity index (χ1) is 8.93. The summed E-state index contributed by atoms with van der Waals surface area (Å²) < 4.78 is 1.27. The molecule has 0 saturated carbocycles. The molecule has 0 aromatic carbocycles. The predicted molar refractivity (Wildman–Crippen MR) is 78.4 cm³/mol. The third-order valence-corrected chi connectivity index (χ3v) is 4.47. The summed E-state index contributed by atoms with van der Waals surface area (Å²) in [4.78, 5) is 6.92. The zero-order valence-electron chi connectivity index (χ0n) is 10.6. The summed E-state index contributed by atoms with van der Waals surface area (Å²) in [6.45, 7) is 4.71. The van der Waals surface area contributed by atoms with Crippen LogP contribution < -0.4 is 5.32 Å². The van der Waals surface area contributed by atoms with E-state index in [1.807, 2.05) is 6.20 Å². The number of nitrogens with one attached hydrogen (secondary N) is 1. The van der Waals surface area contributed by atoms with Gasteiger partial charge in [0.1, 0.15) is 0 Å². The fourth-order valence-electron chi connectivity index (χ4n) is 2.54. The number of anilines is 1. The van der Waals surface area contributed by atoms with Crippen LogP contribution in [0.2, 0.25) is 0 Å². The summed E-state index contributed by atoms with van der Waals surface area (Å²) >= 11 is 1.76. The molecular formula is C14H19N3S. The number of likely N-dealkylation sites (tertiary alicyclic amines) is 1. The zero-order valence-corrected chi connectivity index (χ0v) is 11.4. The number of aromatic nitrogens is 1. The van der Waals surface area contributed by atoms with E-state index in [4.69, 9.17) is 0 Å². The molecule has 3 nitrogen and oxygen atoms in total. The molecule has 0 radical (unpaired) electrons. The second kappa shape index (κ2) is 5.67. The molecule has 0 unspecified atom stereocenters. The Labute approximate surface area is 112 Å². The quantitative estimate of drug-likeness (QED) is 0.916. The van der Waals surface area contributed by atoms with Crippen LogP contribution in [-0.4, -0.2) is 36.1 Å². The number of thiophene rings is 1. The monoisotopic (exact) mass is 261 g/mol. The molecule has 2 aromatic heterocycles. The first kappa shape index (κ1) is 11.9. The largest absolute Gasteiger partial charge is 0.383 e. The third kappa shape index (κ3) is 2.65. The molecule has 3 rings (SSSR count). The molecule has 1 saturated heterocycles. The molecule has 2 aromatic rings. The third-order valence-electron chi connectivity index (χ3n) is 3.54. The van der Waals surface area contributed by atoms with Crippen molar-refractivity contribution in [3.63, 3.8) is 0 Å². The van der Waals surface area contributed by atoms with E-state index >= 15 is 0 Å². The maximum Gasteiger partial charge on any atom is 0.0830 e. The Morgan fingerprint density at radius 2 is 2.11 bits per heavy atom. The van der Waals surface area contributed by atoms with Crippen LogP contribution in [0.25, 0.3) is 10.2 Å². The Balaban J connectivity index is 1.57. The minimum absolute atomic E-state index is 1.02. The van der Waals surface area contributed by atoms with E-state index in [0.717, 1.165) is 18.6 Å². The van der Waals surface area contributed by atoms with Crippen LogP contribution in [0.4, 0.5) is 5.69 Å². The summed E-state index contributed by atoms with van der Waals surface area (Å²) in [5.74, 6) is 0. The van der Waals surface area contributed by atoms with Gasteiger partial charge < -0.3 is 10.2 Å². The van der Waals surface area contributed by atoms with Crippen LogP contribution in [0.15, 0.2) is 23.7 Å². The average molecular weight is 261 g/mol. The molecule has 0 aliphatic carbocycles. The van der Waals surface area contributed by atoms with E-state index in [1.165, 1.54) is 42.7 Å². The van der Waals surface area contributed by atoms with Crippen LogP contribution in [0, 0.1) is 0 Å². The average Bonchev–Trinajstić information content (AvgIpc) is 2.89. The maximum atomic E-state index is 4.36. The van der Waals surface area contributed by atoms with Crippen LogP contribution in [0.3, 0.4) is 0 Å². The summed E-state index contributed by atoms with van der Waals surface area (Å²) in [6.07, 6.45) is 6.03. The second-order valence-electron chi connectivity index (χ2n) is 4.82. The topological polar surface area (TPSA) is 28.2 Å². The number of rotatable bonds is 4. The van der Waals surface area contributed by atoms with Crippen LogP contribution in [0.1, 0.15) is 19.3 Å². The molecule has 4 heteroatoms. The molecule has 0 bridgehead atoms. The molecule has 96 valence electrons. The van der Waals surface area contributed by atoms with Gasteiger partial charge >= 0.3 is 0 Å². The highest BCUT2D eigenvalue weighted by Gasteiger charge is 2.09. The van der Waals surface area contributed by atoms with Crippen molar-refractivity contribution in [1.29, 1.82) is 0 Å². The number of hydrogen-bond donors (Lipinski definition) is 1. The Kier molecular flexibility index (Phi) is 3.76. The van der Waals surface area contributed by atoms with Crippen molar-refractivity contribution < 1.29 is 0 Å². The summed E-state index contributed by atoms with van der Waals surface area (Å²) in [6, 6.07) is 4.16. The number of nitrogens with zero attached hydrogens (tertiary/aromatic N) is 2. The van der Waals surface area contributed by atoms with Crippen molar-refractivity contribution in [2.45, 2.75) is 19.3 Å². The zero-order chi connectivity index (χ0) is 12.2. The molecule has 0 amide bonds. The summed E-state index contributed by atoms with van der Waals surface area (Å²) in [7, 11) is 0. The summed E-state index contributed by atoms with van der Waals surface area (Å²) in [5, 5.41) is 5.65. The van der Waals surface area contributed by atoms with Gasteiger partial charge in [-0.05, 0) is 43.4 Å². The van der Waals surface area contributed by atoms with Crippen molar-refractivity contribution in [2.24, 2.45) is 0 Å². The van der Waals surface area contributed by atoms with Crippen molar-refractivity contribution in [1.82, 2.24) is 9.88 Å². The summed E-state index contributed by atoms with van der Waals surface area (Å²) in [5.41, 5.74) is 2.33. The number of fused-ring (bicyclic) bond motifs is 1. The Bertz CT molecular complexity index is 502. The van der Waals surface area contributed by atoms with Gasteiger partial charge in [-0.25, -0.2) is 0 Å². The molecule has 1 aliphatic heterocycles. The normalized spacial score (nSPS) is 17.1. The smallest absolute Gasteiger partial charge is 0.0830 e. The first-order valence-corrected chi connectivity index (χ1v) is 7.60. The van der Waals surface area contributed by atoms with Crippen molar-refractivity contribution >= 4 is 27.2 Å². The van der Waals surface area contributed by atoms with E-state index in [-0.39, 0.29) is 0 Å². The lowest BCUT2D eigenvalue weighted by Gasteiger charge is -2.26. The molecule has 0 spiro atoms. The van der Waals surface area contributed by atoms with Crippen LogP contribution in [0.5, 0.6) is 0 Å². The van der Waals surface area contributed by atoms with Gasteiger partial charge in [-0.2, -0.15) is 0 Å². The maximum absolute atomic E-state index is 4.36. The fourth-order valence-corrected chi connectivity index (χ4v) is 3.39. The molecular weight excluding hydrogens is 242 g/mol. The van der Waals surface area contributed by atoms with Gasteiger partial charge in [-0.3, -0.25) is 4.98 Å². The molecule has 1 fully saturated rings. The number of hydrogen-bond acceptors (Lipinski definition) is 4. The van der Waals surface area contributed by atoms with Gasteiger partial charge in [0.15, 0.2) is 0 Å². The standard InChI is InChI=1S/C14H19N3S/c1-2-8-17(9-3-1)10-7-16-12-4-6-15-13-5-11-18-14(12)13/h4-6,11H,1-3,7-10H2,(H,15,16). The second-order valence-corrected chi connectivity index (χ2v) is 5.74. The van der Waals surface area contributed by atoms with Crippen LogP contribution >= 0.6 is 11.3 Å². The van der Waals surface area contributed by atoms with Gasteiger partial charge in [0.05, 0.1) is 15.9 Å². The number of piperidine rings is 1. The fraction of sp³-hybridized carbons (Fsp3) is 0.500. The van der Waals surface area contributed by atoms with Crippen molar-refractivity contribution in [2.75, 3.05) is 31.5 Å². The van der Waals surface area contributed by atoms with E-state index in [9.17, 15) is 0 Å². The van der Waals surface area contributed by atoms with Gasteiger partial charge in [-0.1, -0.05) is 6.42 Å². The highest BCUT2D eigenvalue weighted by Crippen LogP contribution is 2.26. The van der Waals surface area contributed by atoms with Crippen LogP contribution in [-0.2, 0) is 0 Å². The molecule has 1 aliphatic rings. The molecule has 0 atom stereocenters. The molecule has 18 heavy (non-hydrogen) atoms. The van der Waals surface area contributed by atoms with Crippen molar-refractivity contribution in [3.05, 3.63) is 23.7 Å². The lowest BCUT2D eigenvalue weighted by molar-refractivity contribution is 0.237. The van der Waals surface area contributed by atoms with Gasteiger partial charge in [-0.15, -0.1) is 11.3 Å². The SMILES string of the molecule is c1cc(NCCN2CCCCC2)c2sccc2n1. The van der Waals surface area contributed by atoms with Gasteiger partial charge in [0, 0.05) is 19.3 Å². The lowest BCUT2D eigenvalue weighted by atomic mass is 10.1. The number of pyridine rings is 1. The van der Waals surface area contributed by atoms with Crippen molar-refractivity contribution in [3.8, 4) is 0 Å². The van der Waals surface area contributed by atoms with Gasteiger partial charge in [0.25, 0.3) is 0 Å². The predicted octanol–water partition coefficient (Wildman–Crippen LogP) is 3.19. The first-order valence-electron chi connectivity index (χ1n) is 6.72. The lowest BCUT2D eigenvalue weighted by Crippen LogP contribution is -2.33. The van der Waals surface area contributed by atoms with E-state index in [2.05, 4.69) is 32.7 Å². The minimum Gasteiger partial charge on any atom is -0.383 e. The Hall–Kier alpha value is -1.13. The minimum atomic E-state index is 1.02. The highest BCUT2D eigenvalue weighted by molar-refractivity contribution is 7.17. The van der Waals surface area contributed by atoms with E-state index < -0.39 is 0 Å². The molecule has 3 heterocycles. The highest BCUT2D eigenvalue weighted by atomic mass is 32.1. The van der Waals surface area contributed by atoms with E-state index in [1.54, 1.807) is 11.3 Å².